The van der Waals surface area contributed by atoms with E-state index >= 15 is 0 Å². The second-order valence-corrected chi connectivity index (χ2v) is 7.68. The zero-order chi connectivity index (χ0) is 12.8. The van der Waals surface area contributed by atoms with Crippen molar-refractivity contribution < 1.29 is 0 Å². The van der Waals surface area contributed by atoms with Gasteiger partial charge < -0.3 is 0 Å². The summed E-state index contributed by atoms with van der Waals surface area (Å²) in [7, 11) is -0.603. The van der Waals surface area contributed by atoms with Gasteiger partial charge in [-0.15, -0.1) is 0 Å². The topological polar surface area (TPSA) is 0 Å². The number of benzene rings is 2. The molecule has 0 unspecified atom stereocenters. The van der Waals surface area contributed by atoms with E-state index in [9.17, 15) is 0 Å². The summed E-state index contributed by atoms with van der Waals surface area (Å²) in [5, 5.41) is 4.08. The van der Waals surface area contributed by atoms with Gasteiger partial charge in [0.15, 0.2) is 0 Å². The van der Waals surface area contributed by atoms with Crippen LogP contribution < -0.4 is 10.4 Å². The summed E-state index contributed by atoms with van der Waals surface area (Å²) in [5.74, 6) is 0. The van der Waals surface area contributed by atoms with Gasteiger partial charge in [0.1, 0.15) is 8.80 Å². The minimum atomic E-state index is -0.603. The van der Waals surface area contributed by atoms with Crippen LogP contribution in [0.3, 0.4) is 0 Å². The third-order valence-electron chi connectivity index (χ3n) is 3.17. The Morgan fingerprint density at radius 3 is 2.39 bits per heavy atom. The molecule has 0 spiro atoms. The lowest BCUT2D eigenvalue weighted by molar-refractivity contribution is 0.941. The maximum absolute atomic E-state index is 3.50. The summed E-state index contributed by atoms with van der Waals surface area (Å²) in [6, 6.07) is 20.0. The van der Waals surface area contributed by atoms with Crippen LogP contribution in [-0.4, -0.2) is 14.1 Å². The summed E-state index contributed by atoms with van der Waals surface area (Å²) in [4.78, 5) is 0. The SMILES string of the molecule is C[Si](c1ccccc1)c1cccc(CCCBr)c1. The number of hydrogen-bond donors (Lipinski definition) is 0. The predicted molar refractivity (Wildman–Crippen MR) is 85.9 cm³/mol. The van der Waals surface area contributed by atoms with Crippen molar-refractivity contribution in [2.45, 2.75) is 19.4 Å². The molecule has 0 saturated heterocycles. The molecule has 1 radical (unpaired) electrons. The van der Waals surface area contributed by atoms with Crippen molar-refractivity contribution >= 4 is 35.1 Å². The standard InChI is InChI=1S/C16H18BrSi/c1-18(15-9-3-2-4-10-15)16-11-5-7-14(13-16)8-6-12-17/h2-5,7,9-11,13H,6,8,12H2,1H3. The summed E-state index contributed by atoms with van der Waals surface area (Å²) in [6.45, 7) is 2.38. The van der Waals surface area contributed by atoms with Crippen molar-refractivity contribution in [2.75, 3.05) is 5.33 Å². The normalized spacial score (nSPS) is 10.8. The van der Waals surface area contributed by atoms with Crippen LogP contribution in [0.15, 0.2) is 54.6 Å². The van der Waals surface area contributed by atoms with E-state index in [1.807, 2.05) is 0 Å². The first-order chi connectivity index (χ1) is 8.81. The molecular weight excluding hydrogens is 300 g/mol. The summed E-state index contributed by atoms with van der Waals surface area (Å²) in [6.07, 6.45) is 2.38. The van der Waals surface area contributed by atoms with Gasteiger partial charge in [-0.25, -0.2) is 0 Å². The number of rotatable bonds is 5. The highest BCUT2D eigenvalue weighted by molar-refractivity contribution is 9.09. The van der Waals surface area contributed by atoms with Crippen molar-refractivity contribution in [1.29, 1.82) is 0 Å². The maximum atomic E-state index is 3.50. The molecule has 0 nitrogen and oxygen atoms in total. The summed E-state index contributed by atoms with van der Waals surface area (Å²) >= 11 is 3.50. The van der Waals surface area contributed by atoms with Crippen LogP contribution >= 0.6 is 15.9 Å². The molecule has 93 valence electrons. The molecule has 0 aliphatic carbocycles. The van der Waals surface area contributed by atoms with Gasteiger partial charge in [0, 0.05) is 5.33 Å². The molecule has 0 atom stereocenters. The van der Waals surface area contributed by atoms with Crippen LogP contribution in [0, 0.1) is 0 Å². The first-order valence-corrected chi connectivity index (χ1v) is 9.47. The Morgan fingerprint density at radius 2 is 1.67 bits per heavy atom. The highest BCUT2D eigenvalue weighted by Crippen LogP contribution is 2.04. The average molecular weight is 318 g/mol. The van der Waals surface area contributed by atoms with Crippen molar-refractivity contribution in [1.82, 2.24) is 0 Å². The fourth-order valence-electron chi connectivity index (χ4n) is 2.09. The monoisotopic (exact) mass is 317 g/mol. The Labute approximate surface area is 120 Å². The molecule has 2 heteroatoms. The van der Waals surface area contributed by atoms with Gasteiger partial charge in [-0.3, -0.25) is 0 Å². The Bertz CT molecular complexity index is 481. The zero-order valence-electron chi connectivity index (χ0n) is 10.7. The second-order valence-electron chi connectivity index (χ2n) is 4.48. The molecule has 2 aromatic rings. The van der Waals surface area contributed by atoms with E-state index in [0.717, 1.165) is 5.33 Å². The van der Waals surface area contributed by atoms with Crippen LogP contribution in [0.25, 0.3) is 0 Å². The molecule has 0 aromatic heterocycles. The maximum Gasteiger partial charge on any atom is 0.118 e. The van der Waals surface area contributed by atoms with Gasteiger partial charge in [0.25, 0.3) is 0 Å². The molecule has 0 fully saturated rings. The smallest absolute Gasteiger partial charge is 0.0928 e. The average Bonchev–Trinajstić information content (AvgIpc) is 2.45. The minimum Gasteiger partial charge on any atom is -0.0928 e. The lowest BCUT2D eigenvalue weighted by Crippen LogP contribution is -2.39. The molecule has 0 N–H and O–H groups in total. The molecule has 2 rings (SSSR count). The zero-order valence-corrected chi connectivity index (χ0v) is 13.3. The van der Waals surface area contributed by atoms with E-state index in [-0.39, 0.29) is 0 Å². The van der Waals surface area contributed by atoms with Crippen LogP contribution in [0.5, 0.6) is 0 Å². The van der Waals surface area contributed by atoms with Crippen LogP contribution in [0.1, 0.15) is 12.0 Å². The largest absolute Gasteiger partial charge is 0.118 e. The molecule has 0 saturated carbocycles. The number of halogens is 1. The first kappa shape index (κ1) is 13.6. The molecule has 0 aliphatic rings. The molecule has 0 bridgehead atoms. The molecule has 0 aliphatic heterocycles. The van der Waals surface area contributed by atoms with Gasteiger partial charge in [-0.1, -0.05) is 87.4 Å². The first-order valence-electron chi connectivity index (χ1n) is 6.35. The highest BCUT2D eigenvalue weighted by atomic mass is 79.9. The second kappa shape index (κ2) is 6.91. The summed E-state index contributed by atoms with van der Waals surface area (Å²) in [5.41, 5.74) is 1.47. The Kier molecular flexibility index (Phi) is 5.21. The third-order valence-corrected chi connectivity index (χ3v) is 6.10. The molecule has 0 amide bonds. The molecular formula is C16H18BrSi. The molecule has 18 heavy (non-hydrogen) atoms. The quantitative estimate of drug-likeness (QED) is 0.586. The van der Waals surface area contributed by atoms with Crippen LogP contribution in [0.4, 0.5) is 0 Å². The fraction of sp³-hybridized carbons (Fsp3) is 0.250. The van der Waals surface area contributed by atoms with E-state index in [1.165, 1.54) is 28.8 Å². The predicted octanol–water partition coefficient (Wildman–Crippen LogP) is 3.25. The Morgan fingerprint density at radius 1 is 0.944 bits per heavy atom. The van der Waals surface area contributed by atoms with Crippen molar-refractivity contribution in [3.05, 3.63) is 60.2 Å². The number of alkyl halides is 1. The molecule has 2 aromatic carbocycles. The van der Waals surface area contributed by atoms with Crippen LogP contribution in [-0.2, 0) is 6.42 Å². The number of hydrogen-bond acceptors (Lipinski definition) is 0. The lowest BCUT2D eigenvalue weighted by atomic mass is 10.1. The third kappa shape index (κ3) is 3.56. The van der Waals surface area contributed by atoms with Gasteiger partial charge in [0.2, 0.25) is 0 Å². The van der Waals surface area contributed by atoms with Gasteiger partial charge >= 0.3 is 0 Å². The molecule has 0 heterocycles. The van der Waals surface area contributed by atoms with E-state index < -0.39 is 8.80 Å². The van der Waals surface area contributed by atoms with E-state index in [4.69, 9.17) is 0 Å². The lowest BCUT2D eigenvalue weighted by Gasteiger charge is -2.11. The van der Waals surface area contributed by atoms with Gasteiger partial charge in [0.05, 0.1) is 0 Å². The fourth-order valence-corrected chi connectivity index (χ4v) is 4.14. The van der Waals surface area contributed by atoms with E-state index in [2.05, 4.69) is 77.1 Å². The number of aryl methyl sites for hydroxylation is 1. The Hall–Kier alpha value is -0.863. The van der Waals surface area contributed by atoms with E-state index in [0.29, 0.717) is 0 Å². The summed E-state index contributed by atoms with van der Waals surface area (Å²) < 4.78 is 0. The van der Waals surface area contributed by atoms with Crippen molar-refractivity contribution in [3.63, 3.8) is 0 Å². The minimum absolute atomic E-state index is 0.603. The van der Waals surface area contributed by atoms with Crippen molar-refractivity contribution in [3.8, 4) is 0 Å². The van der Waals surface area contributed by atoms with Gasteiger partial charge in [-0.2, -0.15) is 0 Å². The van der Waals surface area contributed by atoms with E-state index in [1.54, 1.807) is 0 Å². The highest BCUT2D eigenvalue weighted by Gasteiger charge is 2.10. The van der Waals surface area contributed by atoms with Crippen molar-refractivity contribution in [2.24, 2.45) is 0 Å². The van der Waals surface area contributed by atoms with Gasteiger partial charge in [-0.05, 0) is 18.4 Å². The Balaban J connectivity index is 2.17. The van der Waals surface area contributed by atoms with Crippen LogP contribution in [0.2, 0.25) is 6.55 Å².